The highest BCUT2D eigenvalue weighted by Crippen LogP contribution is 2.20. The molecule has 0 saturated heterocycles. The van der Waals surface area contributed by atoms with Crippen LogP contribution >= 0.6 is 0 Å². The van der Waals surface area contributed by atoms with Gasteiger partial charge in [-0.3, -0.25) is 0 Å². The fourth-order valence-corrected chi connectivity index (χ4v) is 2.02. The first-order valence-electron chi connectivity index (χ1n) is 6.97. The fourth-order valence-electron chi connectivity index (χ4n) is 2.02. The maximum Gasteiger partial charge on any atom is 0.129 e. The lowest BCUT2D eigenvalue weighted by Gasteiger charge is -2.28. The van der Waals surface area contributed by atoms with Gasteiger partial charge in [0.1, 0.15) is 5.82 Å². The third-order valence-corrected chi connectivity index (χ3v) is 3.17. The summed E-state index contributed by atoms with van der Waals surface area (Å²) in [5.41, 5.74) is 0.932. The molecular weight excluding hydrogens is 224 g/mol. The fraction of sp³-hybridized carbons (Fsp3) is 0.667. The third kappa shape index (κ3) is 4.30. The minimum atomic E-state index is -0.434. The number of aliphatic hydroxyl groups excluding tert-OH is 1. The van der Waals surface area contributed by atoms with E-state index in [2.05, 4.69) is 30.7 Å². The van der Waals surface area contributed by atoms with E-state index in [9.17, 15) is 5.11 Å². The average molecular weight is 250 g/mol. The summed E-state index contributed by atoms with van der Waals surface area (Å²) >= 11 is 0. The van der Waals surface area contributed by atoms with Crippen LogP contribution in [-0.2, 0) is 0 Å². The van der Waals surface area contributed by atoms with Crippen molar-refractivity contribution in [2.45, 2.75) is 59.1 Å². The molecule has 0 aliphatic heterocycles. The molecule has 1 rings (SSSR count). The first kappa shape index (κ1) is 15.0. The van der Waals surface area contributed by atoms with Gasteiger partial charge >= 0.3 is 0 Å². The van der Waals surface area contributed by atoms with E-state index in [0.29, 0.717) is 6.04 Å². The number of hydrogen-bond acceptors (Lipinski definition) is 3. The van der Waals surface area contributed by atoms with Crippen molar-refractivity contribution in [2.75, 3.05) is 11.4 Å². The number of anilines is 1. The summed E-state index contributed by atoms with van der Waals surface area (Å²) in [6, 6.07) is 4.30. The Kier molecular flexibility index (Phi) is 6.13. The predicted molar refractivity (Wildman–Crippen MR) is 76.9 cm³/mol. The summed E-state index contributed by atoms with van der Waals surface area (Å²) in [5, 5.41) is 9.64. The zero-order valence-electron chi connectivity index (χ0n) is 12.1. The lowest BCUT2D eigenvalue weighted by Crippen LogP contribution is -2.32. The van der Waals surface area contributed by atoms with Crippen molar-refractivity contribution in [3.63, 3.8) is 0 Å². The second kappa shape index (κ2) is 7.37. The standard InChI is InChI=1S/C15H26N2O/c1-5-6-7-10-17(12(2)3)15-11-14(13(4)18)8-9-16-15/h8-9,11-13,18H,5-7,10H2,1-4H3/t13-/m0/s1. The van der Waals surface area contributed by atoms with E-state index in [-0.39, 0.29) is 0 Å². The average Bonchev–Trinajstić information content (AvgIpc) is 2.34. The van der Waals surface area contributed by atoms with Gasteiger partial charge in [0.05, 0.1) is 6.10 Å². The molecule has 1 atom stereocenters. The van der Waals surface area contributed by atoms with Crippen LogP contribution in [-0.4, -0.2) is 22.7 Å². The zero-order chi connectivity index (χ0) is 13.5. The van der Waals surface area contributed by atoms with E-state index in [1.54, 1.807) is 13.1 Å². The molecule has 1 N–H and O–H groups in total. The van der Waals surface area contributed by atoms with Gasteiger partial charge in [-0.2, -0.15) is 0 Å². The normalized spacial score (nSPS) is 12.8. The van der Waals surface area contributed by atoms with Crippen molar-refractivity contribution >= 4 is 5.82 Å². The van der Waals surface area contributed by atoms with Gasteiger partial charge < -0.3 is 10.0 Å². The van der Waals surface area contributed by atoms with Gasteiger partial charge in [0, 0.05) is 18.8 Å². The van der Waals surface area contributed by atoms with Crippen molar-refractivity contribution in [3.05, 3.63) is 23.9 Å². The molecule has 0 fully saturated rings. The molecule has 0 aliphatic rings. The molecule has 0 saturated carbocycles. The predicted octanol–water partition coefficient (Wildman–Crippen LogP) is 3.54. The maximum atomic E-state index is 9.64. The van der Waals surface area contributed by atoms with Gasteiger partial charge in [0.15, 0.2) is 0 Å². The molecule has 0 unspecified atom stereocenters. The molecule has 0 amide bonds. The highest BCUT2D eigenvalue weighted by Gasteiger charge is 2.12. The molecule has 3 heteroatoms. The van der Waals surface area contributed by atoms with E-state index < -0.39 is 6.10 Å². The smallest absolute Gasteiger partial charge is 0.129 e. The number of nitrogens with zero attached hydrogens (tertiary/aromatic N) is 2. The Balaban J connectivity index is 2.81. The van der Waals surface area contributed by atoms with E-state index in [0.717, 1.165) is 17.9 Å². The van der Waals surface area contributed by atoms with Crippen LogP contribution in [0.1, 0.15) is 58.6 Å². The van der Waals surface area contributed by atoms with Gasteiger partial charge in [-0.15, -0.1) is 0 Å². The van der Waals surface area contributed by atoms with Gasteiger partial charge in [-0.1, -0.05) is 19.8 Å². The Morgan fingerprint density at radius 3 is 2.56 bits per heavy atom. The van der Waals surface area contributed by atoms with E-state index >= 15 is 0 Å². The molecule has 3 nitrogen and oxygen atoms in total. The Labute approximate surface area is 111 Å². The van der Waals surface area contributed by atoms with E-state index in [1.807, 2.05) is 12.1 Å². The summed E-state index contributed by atoms with van der Waals surface area (Å²) in [6.07, 6.45) is 5.02. The Hall–Kier alpha value is -1.09. The molecule has 0 spiro atoms. The summed E-state index contributed by atoms with van der Waals surface area (Å²) < 4.78 is 0. The van der Waals surface area contributed by atoms with E-state index in [1.165, 1.54) is 19.3 Å². The number of unbranched alkanes of at least 4 members (excludes halogenated alkanes) is 2. The Bertz CT molecular complexity index is 350. The number of hydrogen-bond donors (Lipinski definition) is 1. The Morgan fingerprint density at radius 1 is 1.28 bits per heavy atom. The van der Waals surface area contributed by atoms with Crippen LogP contribution in [0.3, 0.4) is 0 Å². The molecule has 18 heavy (non-hydrogen) atoms. The summed E-state index contributed by atoms with van der Waals surface area (Å²) in [5.74, 6) is 0.972. The molecule has 0 aliphatic carbocycles. The summed E-state index contributed by atoms with van der Waals surface area (Å²) in [6.45, 7) is 9.40. The zero-order valence-corrected chi connectivity index (χ0v) is 12.1. The van der Waals surface area contributed by atoms with Gasteiger partial charge in [0.25, 0.3) is 0 Å². The second-order valence-electron chi connectivity index (χ2n) is 5.12. The van der Waals surface area contributed by atoms with Crippen LogP contribution in [0.5, 0.6) is 0 Å². The number of aliphatic hydroxyl groups is 1. The quantitative estimate of drug-likeness (QED) is 0.752. The van der Waals surface area contributed by atoms with Crippen molar-refractivity contribution in [2.24, 2.45) is 0 Å². The molecule has 1 heterocycles. The third-order valence-electron chi connectivity index (χ3n) is 3.17. The van der Waals surface area contributed by atoms with Crippen LogP contribution in [0.4, 0.5) is 5.82 Å². The molecule has 0 bridgehead atoms. The molecule has 102 valence electrons. The summed E-state index contributed by atoms with van der Waals surface area (Å²) in [7, 11) is 0. The summed E-state index contributed by atoms with van der Waals surface area (Å²) in [4.78, 5) is 6.74. The van der Waals surface area contributed by atoms with Crippen molar-refractivity contribution < 1.29 is 5.11 Å². The number of aromatic nitrogens is 1. The number of rotatable bonds is 7. The molecule has 1 aromatic heterocycles. The Morgan fingerprint density at radius 2 is 2.00 bits per heavy atom. The number of pyridine rings is 1. The van der Waals surface area contributed by atoms with Crippen molar-refractivity contribution in [1.82, 2.24) is 4.98 Å². The highest BCUT2D eigenvalue weighted by molar-refractivity contribution is 5.42. The minimum Gasteiger partial charge on any atom is -0.389 e. The minimum absolute atomic E-state index is 0.429. The topological polar surface area (TPSA) is 36.4 Å². The SMILES string of the molecule is CCCCCN(c1cc([C@H](C)O)ccn1)C(C)C. The maximum absolute atomic E-state index is 9.64. The lowest BCUT2D eigenvalue weighted by atomic mass is 10.1. The van der Waals surface area contributed by atoms with Gasteiger partial charge in [-0.05, 0) is 44.9 Å². The largest absolute Gasteiger partial charge is 0.389 e. The van der Waals surface area contributed by atoms with E-state index in [4.69, 9.17) is 0 Å². The van der Waals surface area contributed by atoms with Crippen LogP contribution in [0.25, 0.3) is 0 Å². The van der Waals surface area contributed by atoms with Crippen LogP contribution in [0, 0.1) is 0 Å². The molecule has 0 radical (unpaired) electrons. The van der Waals surface area contributed by atoms with Gasteiger partial charge in [0.2, 0.25) is 0 Å². The molecular formula is C15H26N2O. The van der Waals surface area contributed by atoms with Crippen LogP contribution in [0.15, 0.2) is 18.3 Å². The van der Waals surface area contributed by atoms with Crippen LogP contribution < -0.4 is 4.90 Å². The highest BCUT2D eigenvalue weighted by atomic mass is 16.3. The molecule has 1 aromatic rings. The van der Waals surface area contributed by atoms with Crippen molar-refractivity contribution in [3.8, 4) is 0 Å². The lowest BCUT2D eigenvalue weighted by molar-refractivity contribution is 0.199. The van der Waals surface area contributed by atoms with Crippen molar-refractivity contribution in [1.29, 1.82) is 0 Å². The second-order valence-corrected chi connectivity index (χ2v) is 5.12. The van der Waals surface area contributed by atoms with Gasteiger partial charge in [-0.25, -0.2) is 4.98 Å². The van der Waals surface area contributed by atoms with Crippen LogP contribution in [0.2, 0.25) is 0 Å². The molecule has 0 aromatic carbocycles. The first-order chi connectivity index (χ1) is 8.56. The first-order valence-corrected chi connectivity index (χ1v) is 6.97. The monoisotopic (exact) mass is 250 g/mol.